The molecule has 1 aromatic heterocycles. The monoisotopic (exact) mass is 325 g/mol. The van der Waals surface area contributed by atoms with Gasteiger partial charge < -0.3 is 14.4 Å². The lowest BCUT2D eigenvalue weighted by Crippen LogP contribution is -2.32. The molecule has 1 N–H and O–H groups in total. The minimum atomic E-state index is -4.52. The summed E-state index contributed by atoms with van der Waals surface area (Å²) in [5.74, 6) is -0.461. The lowest BCUT2D eigenvalue weighted by Gasteiger charge is -2.26. The maximum Gasteiger partial charge on any atom is 0.416 e. The molecule has 4 nitrogen and oxygen atoms in total. The van der Waals surface area contributed by atoms with Crippen molar-refractivity contribution in [3.8, 4) is 0 Å². The van der Waals surface area contributed by atoms with Gasteiger partial charge in [0, 0.05) is 6.54 Å². The second-order valence-electron chi connectivity index (χ2n) is 5.46. The Labute approximate surface area is 130 Å². The SMILES string of the molecule is O=C(c1ccoc1)N1C[C@@H](O)C[C@H]1c1ccccc1C(F)(F)F. The maximum atomic E-state index is 13.2. The number of β-amino-alcohol motifs (C(OH)–C–C–N with tert-alkyl or cyclic N) is 1. The molecular formula is C16H14F3NO3. The van der Waals surface area contributed by atoms with Crippen molar-refractivity contribution >= 4 is 5.91 Å². The molecule has 122 valence electrons. The molecule has 1 fully saturated rings. The van der Waals surface area contributed by atoms with E-state index in [0.717, 1.165) is 6.07 Å². The Balaban J connectivity index is 2.00. The zero-order valence-corrected chi connectivity index (χ0v) is 12.0. The van der Waals surface area contributed by atoms with Gasteiger partial charge in [-0.25, -0.2) is 0 Å². The number of halogens is 3. The van der Waals surface area contributed by atoms with Crippen LogP contribution in [0.3, 0.4) is 0 Å². The number of hydrogen-bond acceptors (Lipinski definition) is 3. The molecule has 1 saturated heterocycles. The largest absolute Gasteiger partial charge is 0.472 e. The fourth-order valence-corrected chi connectivity index (χ4v) is 2.93. The number of benzene rings is 1. The normalized spacial score (nSPS) is 21.7. The molecule has 2 aromatic rings. The molecule has 2 heterocycles. The molecule has 1 aromatic carbocycles. The molecule has 0 unspecified atom stereocenters. The average molecular weight is 325 g/mol. The fraction of sp³-hybridized carbons (Fsp3) is 0.312. The highest BCUT2D eigenvalue weighted by Gasteiger charge is 2.41. The van der Waals surface area contributed by atoms with Crippen LogP contribution < -0.4 is 0 Å². The molecule has 0 radical (unpaired) electrons. The first-order valence-corrected chi connectivity index (χ1v) is 7.05. The summed E-state index contributed by atoms with van der Waals surface area (Å²) in [5.41, 5.74) is -0.550. The Hall–Kier alpha value is -2.28. The van der Waals surface area contributed by atoms with Gasteiger partial charge in [0.1, 0.15) is 6.26 Å². The van der Waals surface area contributed by atoms with Crippen LogP contribution in [-0.2, 0) is 6.18 Å². The van der Waals surface area contributed by atoms with Gasteiger partial charge in [-0.1, -0.05) is 18.2 Å². The third-order valence-electron chi connectivity index (χ3n) is 3.93. The molecule has 7 heteroatoms. The van der Waals surface area contributed by atoms with Crippen molar-refractivity contribution in [2.45, 2.75) is 24.7 Å². The van der Waals surface area contributed by atoms with E-state index in [1.807, 2.05) is 0 Å². The quantitative estimate of drug-likeness (QED) is 0.922. The van der Waals surface area contributed by atoms with Crippen molar-refractivity contribution in [3.05, 3.63) is 59.5 Å². The molecule has 1 amide bonds. The first-order chi connectivity index (χ1) is 10.9. The molecule has 0 spiro atoms. The van der Waals surface area contributed by atoms with Gasteiger partial charge in [0.15, 0.2) is 0 Å². The number of carbonyl (C=O) groups is 1. The molecule has 1 aliphatic rings. The van der Waals surface area contributed by atoms with Crippen molar-refractivity contribution in [1.82, 2.24) is 4.90 Å². The Bertz CT molecular complexity index is 697. The number of alkyl halides is 3. The van der Waals surface area contributed by atoms with E-state index in [1.54, 1.807) is 0 Å². The summed E-state index contributed by atoms with van der Waals surface area (Å²) >= 11 is 0. The van der Waals surface area contributed by atoms with E-state index in [9.17, 15) is 23.1 Å². The minimum Gasteiger partial charge on any atom is -0.472 e. The number of rotatable bonds is 2. The molecule has 23 heavy (non-hydrogen) atoms. The van der Waals surface area contributed by atoms with Gasteiger partial charge in [0.05, 0.1) is 29.5 Å². The summed E-state index contributed by atoms with van der Waals surface area (Å²) in [6, 6.07) is 5.75. The molecule has 1 aliphatic heterocycles. The third-order valence-corrected chi connectivity index (χ3v) is 3.93. The second-order valence-corrected chi connectivity index (χ2v) is 5.46. The highest BCUT2D eigenvalue weighted by Crippen LogP contribution is 2.40. The summed E-state index contributed by atoms with van der Waals surface area (Å²) < 4.78 is 44.5. The van der Waals surface area contributed by atoms with Crippen molar-refractivity contribution in [2.75, 3.05) is 6.54 Å². The van der Waals surface area contributed by atoms with Crippen molar-refractivity contribution < 1.29 is 27.5 Å². The molecule has 2 atom stereocenters. The van der Waals surface area contributed by atoms with Crippen LogP contribution >= 0.6 is 0 Å². The van der Waals surface area contributed by atoms with Crippen LogP contribution in [-0.4, -0.2) is 28.6 Å². The van der Waals surface area contributed by atoms with Gasteiger partial charge in [0.25, 0.3) is 5.91 Å². The third kappa shape index (κ3) is 2.96. The number of furan rings is 1. The van der Waals surface area contributed by atoms with E-state index in [1.165, 1.54) is 41.7 Å². The zero-order valence-electron chi connectivity index (χ0n) is 12.0. The summed E-state index contributed by atoms with van der Waals surface area (Å²) in [4.78, 5) is 13.7. The van der Waals surface area contributed by atoms with Crippen molar-refractivity contribution in [3.63, 3.8) is 0 Å². The van der Waals surface area contributed by atoms with Crippen molar-refractivity contribution in [2.24, 2.45) is 0 Å². The smallest absolute Gasteiger partial charge is 0.416 e. The van der Waals surface area contributed by atoms with Gasteiger partial charge in [0.2, 0.25) is 0 Å². The minimum absolute atomic E-state index is 0.00612. The van der Waals surface area contributed by atoms with Crippen molar-refractivity contribution in [1.29, 1.82) is 0 Å². The Kier molecular flexibility index (Phi) is 3.89. The molecule has 3 rings (SSSR count). The predicted molar refractivity (Wildman–Crippen MR) is 74.6 cm³/mol. The van der Waals surface area contributed by atoms with Crippen LogP contribution in [0.2, 0.25) is 0 Å². The first-order valence-electron chi connectivity index (χ1n) is 7.05. The number of aliphatic hydroxyl groups excluding tert-OH is 1. The van der Waals surface area contributed by atoms with Crippen LogP contribution in [0.25, 0.3) is 0 Å². The Morgan fingerprint density at radius 1 is 1.26 bits per heavy atom. The van der Waals surface area contributed by atoms with E-state index in [4.69, 9.17) is 4.42 Å². The van der Waals surface area contributed by atoms with Gasteiger partial charge in [-0.2, -0.15) is 13.2 Å². The van der Waals surface area contributed by atoms with E-state index in [2.05, 4.69) is 0 Å². The van der Waals surface area contributed by atoms with Gasteiger partial charge in [-0.15, -0.1) is 0 Å². The Morgan fingerprint density at radius 3 is 2.65 bits per heavy atom. The Morgan fingerprint density at radius 2 is 2.00 bits per heavy atom. The standard InChI is InChI=1S/C16H14F3NO3/c17-16(18,19)13-4-2-1-3-12(13)14-7-11(21)8-20(14)15(22)10-5-6-23-9-10/h1-6,9,11,14,21H,7-8H2/t11-,14-/m0/s1. The first kappa shape index (κ1) is 15.6. The molecule has 0 bridgehead atoms. The highest BCUT2D eigenvalue weighted by molar-refractivity contribution is 5.94. The zero-order chi connectivity index (χ0) is 16.6. The van der Waals surface area contributed by atoms with Crippen LogP contribution in [0.5, 0.6) is 0 Å². The summed E-state index contributed by atoms with van der Waals surface area (Å²) in [7, 11) is 0. The number of carbonyl (C=O) groups excluding carboxylic acids is 1. The number of hydrogen-bond donors (Lipinski definition) is 1. The summed E-state index contributed by atoms with van der Waals surface area (Å²) in [6.07, 6.45) is -2.76. The molecule has 0 saturated carbocycles. The van der Waals surface area contributed by atoms with E-state index < -0.39 is 29.8 Å². The lowest BCUT2D eigenvalue weighted by molar-refractivity contribution is -0.138. The lowest BCUT2D eigenvalue weighted by atomic mass is 9.97. The van der Waals surface area contributed by atoms with Crippen LogP contribution in [0, 0.1) is 0 Å². The second kappa shape index (κ2) is 5.73. The predicted octanol–water partition coefficient (Wildman–Crippen LogP) is 3.25. The highest BCUT2D eigenvalue weighted by atomic mass is 19.4. The topological polar surface area (TPSA) is 53.7 Å². The average Bonchev–Trinajstić information content (AvgIpc) is 3.15. The number of nitrogens with zero attached hydrogens (tertiary/aromatic N) is 1. The maximum absolute atomic E-state index is 13.2. The number of aliphatic hydroxyl groups is 1. The van der Waals surface area contributed by atoms with Crippen LogP contribution in [0.1, 0.15) is 33.9 Å². The summed E-state index contributed by atoms with van der Waals surface area (Å²) in [5, 5.41) is 9.87. The number of likely N-dealkylation sites (tertiary alicyclic amines) is 1. The van der Waals surface area contributed by atoms with E-state index >= 15 is 0 Å². The van der Waals surface area contributed by atoms with Gasteiger partial charge in [-0.3, -0.25) is 4.79 Å². The van der Waals surface area contributed by atoms with Gasteiger partial charge >= 0.3 is 6.18 Å². The molecule has 0 aliphatic carbocycles. The molecular weight excluding hydrogens is 311 g/mol. The van der Waals surface area contributed by atoms with E-state index in [0.29, 0.717) is 0 Å². The van der Waals surface area contributed by atoms with Crippen LogP contribution in [0.4, 0.5) is 13.2 Å². The van der Waals surface area contributed by atoms with Crippen LogP contribution in [0.15, 0.2) is 47.3 Å². The number of amides is 1. The van der Waals surface area contributed by atoms with Gasteiger partial charge in [-0.05, 0) is 24.1 Å². The fourth-order valence-electron chi connectivity index (χ4n) is 2.93. The summed E-state index contributed by atoms with van der Waals surface area (Å²) in [6.45, 7) is -0.0130. The van der Waals surface area contributed by atoms with E-state index in [-0.39, 0.29) is 24.1 Å².